The summed E-state index contributed by atoms with van der Waals surface area (Å²) in [4.78, 5) is 52.4. The van der Waals surface area contributed by atoms with Gasteiger partial charge in [0, 0.05) is 12.1 Å². The van der Waals surface area contributed by atoms with E-state index in [1.54, 1.807) is 52.0 Å². The molecule has 3 amide bonds. The lowest BCUT2D eigenvalue weighted by Crippen LogP contribution is -2.53. The highest BCUT2D eigenvalue weighted by atomic mass is 32.2. The van der Waals surface area contributed by atoms with Crippen LogP contribution in [0.1, 0.15) is 51.3 Å². The zero-order valence-electron chi connectivity index (χ0n) is 21.2. The zero-order valence-corrected chi connectivity index (χ0v) is 22.0. The quantitative estimate of drug-likeness (QED) is 0.351. The Bertz CT molecular complexity index is 938. The molecule has 1 aromatic rings. The second kappa shape index (κ2) is 14.3. The van der Waals surface area contributed by atoms with Crippen molar-refractivity contribution >= 4 is 35.6 Å². The van der Waals surface area contributed by atoms with E-state index in [1.165, 1.54) is 23.8 Å². The van der Waals surface area contributed by atoms with E-state index in [4.69, 9.17) is 11.2 Å². The standard InChI is InChI=1S/C25H35N3O6S/c1-8-17-12-10-11-13-18(17)21(22(30)26-16-20(29)33-6)28(9-2)23(31)19(14-15-35-7)27-24(32)34-25(3,4)5/h1,10-13,19,21H,9,14-16H2,2-7H3,(H,26,30)(H,27,32). The van der Waals surface area contributed by atoms with Crippen LogP contribution in [0.15, 0.2) is 24.3 Å². The number of methoxy groups -OCH3 is 1. The number of alkyl carbamates (subject to hydrolysis) is 1. The van der Waals surface area contributed by atoms with Crippen molar-refractivity contribution in [3.8, 4) is 12.3 Å². The van der Waals surface area contributed by atoms with Crippen LogP contribution in [0.4, 0.5) is 4.79 Å². The first-order chi connectivity index (χ1) is 16.5. The van der Waals surface area contributed by atoms with Crippen LogP contribution in [0.2, 0.25) is 0 Å². The van der Waals surface area contributed by atoms with Gasteiger partial charge in [-0.25, -0.2) is 4.79 Å². The number of carbonyl (C=O) groups is 4. The summed E-state index contributed by atoms with van der Waals surface area (Å²) in [5.41, 5.74) is 0.107. The highest BCUT2D eigenvalue weighted by Gasteiger charge is 2.36. The van der Waals surface area contributed by atoms with Crippen LogP contribution >= 0.6 is 11.8 Å². The lowest BCUT2D eigenvalue weighted by atomic mass is 9.97. The molecule has 0 heterocycles. The molecule has 0 aliphatic rings. The number of rotatable bonds is 11. The summed E-state index contributed by atoms with van der Waals surface area (Å²) in [5, 5.41) is 5.16. The summed E-state index contributed by atoms with van der Waals surface area (Å²) in [6.07, 6.45) is 7.14. The summed E-state index contributed by atoms with van der Waals surface area (Å²) < 4.78 is 9.93. The molecular formula is C25H35N3O6S. The SMILES string of the molecule is C#Cc1ccccc1C(C(=O)NCC(=O)OC)N(CC)C(=O)C(CCSC)NC(=O)OC(C)(C)C. The average Bonchev–Trinajstić information content (AvgIpc) is 2.81. The number of likely N-dealkylation sites (N-methyl/N-ethyl adjacent to an activating group) is 1. The van der Waals surface area contributed by atoms with Gasteiger partial charge in [-0.3, -0.25) is 14.4 Å². The number of thioether (sulfide) groups is 1. The van der Waals surface area contributed by atoms with Crippen molar-refractivity contribution in [3.63, 3.8) is 0 Å². The van der Waals surface area contributed by atoms with Crippen molar-refractivity contribution in [2.24, 2.45) is 0 Å². The van der Waals surface area contributed by atoms with Gasteiger partial charge in [-0.1, -0.05) is 24.1 Å². The minimum absolute atomic E-state index is 0.139. The van der Waals surface area contributed by atoms with E-state index < -0.39 is 41.6 Å². The molecular weight excluding hydrogens is 470 g/mol. The Morgan fingerprint density at radius 1 is 1.20 bits per heavy atom. The van der Waals surface area contributed by atoms with Crippen LogP contribution in [0.25, 0.3) is 0 Å². The molecule has 1 rings (SSSR count). The van der Waals surface area contributed by atoms with E-state index in [0.29, 0.717) is 23.3 Å². The number of nitrogens with zero attached hydrogens (tertiary/aromatic N) is 1. The molecule has 0 aliphatic carbocycles. The molecule has 0 saturated carbocycles. The third-order valence-corrected chi connectivity index (χ3v) is 5.47. The Morgan fingerprint density at radius 2 is 1.86 bits per heavy atom. The second-order valence-corrected chi connectivity index (χ2v) is 9.52. The van der Waals surface area contributed by atoms with Gasteiger partial charge < -0.3 is 25.0 Å². The van der Waals surface area contributed by atoms with Crippen LogP contribution in [-0.4, -0.2) is 72.6 Å². The summed E-state index contributed by atoms with van der Waals surface area (Å²) in [6.45, 7) is 6.66. The molecule has 1 aromatic carbocycles. The Labute approximate surface area is 211 Å². The van der Waals surface area contributed by atoms with Gasteiger partial charge in [0.05, 0.1) is 7.11 Å². The van der Waals surface area contributed by atoms with Crippen molar-refractivity contribution in [1.29, 1.82) is 0 Å². The largest absolute Gasteiger partial charge is 0.468 e. The molecule has 0 aromatic heterocycles. The molecule has 10 heteroatoms. The normalized spacial score (nSPS) is 12.5. The molecule has 2 atom stereocenters. The summed E-state index contributed by atoms with van der Waals surface area (Å²) in [7, 11) is 1.21. The molecule has 2 N–H and O–H groups in total. The van der Waals surface area contributed by atoms with Crippen LogP contribution in [0.5, 0.6) is 0 Å². The number of hydrogen-bond donors (Lipinski definition) is 2. The monoisotopic (exact) mass is 505 g/mol. The van der Waals surface area contributed by atoms with Gasteiger partial charge >= 0.3 is 12.1 Å². The topological polar surface area (TPSA) is 114 Å². The number of amides is 3. The first-order valence-corrected chi connectivity index (χ1v) is 12.6. The molecule has 0 aliphatic heterocycles. The molecule has 0 bridgehead atoms. The third-order valence-electron chi connectivity index (χ3n) is 4.83. The Balaban J connectivity index is 3.40. The zero-order chi connectivity index (χ0) is 26.6. The van der Waals surface area contributed by atoms with Crippen molar-refractivity contribution in [1.82, 2.24) is 15.5 Å². The van der Waals surface area contributed by atoms with E-state index in [2.05, 4.69) is 21.3 Å². The lowest BCUT2D eigenvalue weighted by molar-refractivity contribution is -0.144. The van der Waals surface area contributed by atoms with Crippen molar-refractivity contribution < 1.29 is 28.7 Å². The predicted octanol–water partition coefficient (Wildman–Crippen LogP) is 2.49. The minimum atomic E-state index is -1.14. The Hall–Kier alpha value is -3.19. The van der Waals surface area contributed by atoms with Gasteiger partial charge in [0.1, 0.15) is 24.2 Å². The van der Waals surface area contributed by atoms with Gasteiger partial charge in [-0.15, -0.1) is 6.42 Å². The molecule has 35 heavy (non-hydrogen) atoms. The van der Waals surface area contributed by atoms with E-state index in [1.807, 2.05) is 6.26 Å². The van der Waals surface area contributed by atoms with Crippen LogP contribution in [0.3, 0.4) is 0 Å². The van der Waals surface area contributed by atoms with Gasteiger partial charge in [-0.05, 0) is 57.8 Å². The van der Waals surface area contributed by atoms with Crippen LogP contribution in [0, 0.1) is 12.3 Å². The summed E-state index contributed by atoms with van der Waals surface area (Å²) in [6, 6.07) is 4.68. The number of carbonyl (C=O) groups excluding carboxylic acids is 4. The summed E-state index contributed by atoms with van der Waals surface area (Å²) in [5.74, 6) is 1.42. The lowest BCUT2D eigenvalue weighted by Gasteiger charge is -2.34. The maximum Gasteiger partial charge on any atom is 0.408 e. The fourth-order valence-electron chi connectivity index (χ4n) is 3.25. The fourth-order valence-corrected chi connectivity index (χ4v) is 3.73. The number of nitrogens with one attached hydrogen (secondary N) is 2. The van der Waals surface area contributed by atoms with Crippen LogP contribution < -0.4 is 10.6 Å². The van der Waals surface area contributed by atoms with Crippen molar-refractivity contribution in [2.75, 3.05) is 32.2 Å². The van der Waals surface area contributed by atoms with Crippen LogP contribution in [-0.2, 0) is 23.9 Å². The number of esters is 1. The fraction of sp³-hybridized carbons (Fsp3) is 0.520. The van der Waals surface area contributed by atoms with Crippen molar-refractivity contribution in [2.45, 2.75) is 51.8 Å². The molecule has 0 fully saturated rings. The maximum absolute atomic E-state index is 13.7. The van der Waals surface area contributed by atoms with E-state index in [0.717, 1.165) is 0 Å². The first kappa shape index (κ1) is 29.8. The Morgan fingerprint density at radius 3 is 2.40 bits per heavy atom. The van der Waals surface area contributed by atoms with Gasteiger partial charge in [0.25, 0.3) is 0 Å². The van der Waals surface area contributed by atoms with Gasteiger partial charge in [0.2, 0.25) is 11.8 Å². The van der Waals surface area contributed by atoms with Gasteiger partial charge in [-0.2, -0.15) is 11.8 Å². The Kier molecular flexibility index (Phi) is 12.2. The van der Waals surface area contributed by atoms with Crippen molar-refractivity contribution in [3.05, 3.63) is 35.4 Å². The average molecular weight is 506 g/mol. The third kappa shape index (κ3) is 9.53. The predicted molar refractivity (Wildman–Crippen MR) is 136 cm³/mol. The highest BCUT2D eigenvalue weighted by Crippen LogP contribution is 2.26. The number of terminal acetylenes is 1. The molecule has 0 radical (unpaired) electrons. The minimum Gasteiger partial charge on any atom is -0.468 e. The number of ether oxygens (including phenoxy) is 2. The maximum atomic E-state index is 13.7. The second-order valence-electron chi connectivity index (χ2n) is 8.53. The molecule has 2 unspecified atom stereocenters. The number of hydrogen-bond acceptors (Lipinski definition) is 7. The number of benzene rings is 1. The molecule has 9 nitrogen and oxygen atoms in total. The van der Waals surface area contributed by atoms with Gasteiger partial charge in [0.15, 0.2) is 0 Å². The molecule has 0 saturated heterocycles. The highest BCUT2D eigenvalue weighted by molar-refractivity contribution is 7.98. The first-order valence-electron chi connectivity index (χ1n) is 11.2. The molecule has 192 valence electrons. The van der Waals surface area contributed by atoms with E-state index in [-0.39, 0.29) is 13.1 Å². The smallest absolute Gasteiger partial charge is 0.408 e. The van der Waals surface area contributed by atoms with E-state index in [9.17, 15) is 19.2 Å². The molecule has 0 spiro atoms. The summed E-state index contributed by atoms with van der Waals surface area (Å²) >= 11 is 1.52. The van der Waals surface area contributed by atoms with E-state index >= 15 is 0 Å².